The van der Waals surface area contributed by atoms with E-state index in [1.165, 1.54) is 11.8 Å². The lowest BCUT2D eigenvalue weighted by atomic mass is 10.2. The van der Waals surface area contributed by atoms with Crippen LogP contribution in [0, 0.1) is 13.8 Å². The SMILES string of the molecule is CCCCc1noc(C(C)Sc2nc3nc(C)cc(C)n3n2)n1. The van der Waals surface area contributed by atoms with E-state index >= 15 is 0 Å². The van der Waals surface area contributed by atoms with Crippen molar-refractivity contribution in [3.63, 3.8) is 0 Å². The molecule has 0 saturated carbocycles. The normalized spacial score (nSPS) is 12.9. The van der Waals surface area contributed by atoms with Gasteiger partial charge in [0.05, 0.1) is 5.25 Å². The molecule has 3 aromatic rings. The molecule has 8 heteroatoms. The van der Waals surface area contributed by atoms with Crippen LogP contribution in [0.2, 0.25) is 0 Å². The number of fused-ring (bicyclic) bond motifs is 1. The van der Waals surface area contributed by atoms with Crippen molar-refractivity contribution in [1.82, 2.24) is 29.7 Å². The van der Waals surface area contributed by atoms with Crippen LogP contribution in [0.5, 0.6) is 0 Å². The molecule has 0 radical (unpaired) electrons. The molecule has 0 amide bonds. The van der Waals surface area contributed by atoms with E-state index in [4.69, 9.17) is 4.52 Å². The second kappa shape index (κ2) is 6.66. The van der Waals surface area contributed by atoms with Crippen molar-refractivity contribution < 1.29 is 4.52 Å². The minimum Gasteiger partial charge on any atom is -0.338 e. The summed E-state index contributed by atoms with van der Waals surface area (Å²) < 4.78 is 7.11. The van der Waals surface area contributed by atoms with Gasteiger partial charge in [-0.25, -0.2) is 9.50 Å². The summed E-state index contributed by atoms with van der Waals surface area (Å²) in [6.07, 6.45) is 3.04. The molecule has 0 aliphatic carbocycles. The Labute approximate surface area is 138 Å². The summed E-state index contributed by atoms with van der Waals surface area (Å²) in [6.45, 7) is 8.10. The van der Waals surface area contributed by atoms with E-state index < -0.39 is 0 Å². The van der Waals surface area contributed by atoms with Gasteiger partial charge < -0.3 is 4.52 Å². The first-order valence-electron chi connectivity index (χ1n) is 7.77. The summed E-state index contributed by atoms with van der Waals surface area (Å²) in [6, 6.07) is 1.98. The van der Waals surface area contributed by atoms with Gasteiger partial charge >= 0.3 is 0 Å². The third kappa shape index (κ3) is 3.52. The van der Waals surface area contributed by atoms with Crippen LogP contribution >= 0.6 is 11.8 Å². The van der Waals surface area contributed by atoms with Crippen LogP contribution in [0.25, 0.3) is 5.78 Å². The molecule has 0 saturated heterocycles. The van der Waals surface area contributed by atoms with Crippen LogP contribution in [-0.4, -0.2) is 29.7 Å². The van der Waals surface area contributed by atoms with Gasteiger partial charge in [-0.3, -0.25) is 0 Å². The van der Waals surface area contributed by atoms with Crippen molar-refractivity contribution in [2.75, 3.05) is 0 Å². The first kappa shape index (κ1) is 15.9. The molecular formula is C15H20N6OS. The number of unbranched alkanes of at least 4 members (excludes halogenated alkanes) is 1. The monoisotopic (exact) mass is 332 g/mol. The van der Waals surface area contributed by atoms with Gasteiger partial charge in [-0.15, -0.1) is 5.10 Å². The third-order valence-electron chi connectivity index (χ3n) is 3.47. The van der Waals surface area contributed by atoms with Crippen molar-refractivity contribution in [2.45, 2.75) is 57.4 Å². The minimum atomic E-state index is -0.00306. The maximum Gasteiger partial charge on any atom is 0.253 e. The number of nitrogens with zero attached hydrogens (tertiary/aromatic N) is 6. The molecule has 0 N–H and O–H groups in total. The number of hydrogen-bond donors (Lipinski definition) is 0. The van der Waals surface area contributed by atoms with Crippen molar-refractivity contribution in [3.05, 3.63) is 29.2 Å². The molecule has 23 heavy (non-hydrogen) atoms. The molecule has 0 bridgehead atoms. The molecule has 3 aromatic heterocycles. The largest absolute Gasteiger partial charge is 0.338 e. The fraction of sp³-hybridized carbons (Fsp3) is 0.533. The Morgan fingerprint density at radius 3 is 2.87 bits per heavy atom. The summed E-state index contributed by atoms with van der Waals surface area (Å²) in [5.41, 5.74) is 1.95. The highest BCUT2D eigenvalue weighted by atomic mass is 32.2. The molecule has 3 rings (SSSR count). The van der Waals surface area contributed by atoms with Gasteiger partial charge in [-0.1, -0.05) is 30.3 Å². The van der Waals surface area contributed by atoms with Crippen LogP contribution in [-0.2, 0) is 6.42 Å². The molecule has 0 aromatic carbocycles. The maximum atomic E-state index is 5.35. The number of thioether (sulfide) groups is 1. The second-order valence-corrected chi connectivity index (χ2v) is 6.87. The average molecular weight is 332 g/mol. The van der Waals surface area contributed by atoms with Gasteiger partial charge in [0.15, 0.2) is 5.82 Å². The lowest BCUT2D eigenvalue weighted by Crippen LogP contribution is -1.97. The molecular weight excluding hydrogens is 312 g/mol. The zero-order chi connectivity index (χ0) is 16.4. The molecule has 1 atom stereocenters. The highest BCUT2D eigenvalue weighted by Gasteiger charge is 2.18. The Morgan fingerprint density at radius 2 is 2.09 bits per heavy atom. The van der Waals surface area contributed by atoms with Gasteiger partial charge in [0.2, 0.25) is 11.0 Å². The van der Waals surface area contributed by atoms with Crippen LogP contribution in [0.1, 0.15) is 55.0 Å². The summed E-state index contributed by atoms with van der Waals surface area (Å²) in [5, 5.41) is 9.17. The lowest BCUT2D eigenvalue weighted by Gasteiger charge is -2.01. The van der Waals surface area contributed by atoms with E-state index in [1.54, 1.807) is 4.52 Å². The van der Waals surface area contributed by atoms with Crippen LogP contribution in [0.15, 0.2) is 15.7 Å². The fourth-order valence-electron chi connectivity index (χ4n) is 2.28. The third-order valence-corrected chi connectivity index (χ3v) is 4.41. The number of aromatic nitrogens is 6. The molecule has 122 valence electrons. The van der Waals surface area contributed by atoms with E-state index in [0.29, 0.717) is 16.8 Å². The number of hydrogen-bond acceptors (Lipinski definition) is 7. The molecule has 0 spiro atoms. The minimum absolute atomic E-state index is 0.00306. The van der Waals surface area contributed by atoms with E-state index in [-0.39, 0.29) is 5.25 Å². The summed E-state index contributed by atoms with van der Waals surface area (Å²) in [5.74, 6) is 2.00. The number of aryl methyl sites for hydroxylation is 3. The molecule has 0 aliphatic heterocycles. The zero-order valence-corrected chi connectivity index (χ0v) is 14.6. The smallest absolute Gasteiger partial charge is 0.253 e. The van der Waals surface area contributed by atoms with Crippen LogP contribution < -0.4 is 0 Å². The molecule has 0 fully saturated rings. The first-order valence-corrected chi connectivity index (χ1v) is 8.65. The van der Waals surface area contributed by atoms with Crippen molar-refractivity contribution in [3.8, 4) is 0 Å². The van der Waals surface area contributed by atoms with Gasteiger partial charge in [0.1, 0.15) is 0 Å². The Kier molecular flexibility index (Phi) is 4.61. The predicted molar refractivity (Wildman–Crippen MR) is 87.4 cm³/mol. The molecule has 1 unspecified atom stereocenters. The van der Waals surface area contributed by atoms with E-state index in [0.717, 1.165) is 36.5 Å². The molecule has 0 aliphatic rings. The first-order chi connectivity index (χ1) is 11.1. The maximum absolute atomic E-state index is 5.35. The number of rotatable bonds is 6. The van der Waals surface area contributed by atoms with E-state index in [9.17, 15) is 0 Å². The van der Waals surface area contributed by atoms with Gasteiger partial charge in [0.25, 0.3) is 5.78 Å². The zero-order valence-electron chi connectivity index (χ0n) is 13.8. The predicted octanol–water partition coefficient (Wildman–Crippen LogP) is 3.32. The lowest BCUT2D eigenvalue weighted by molar-refractivity contribution is 0.374. The topological polar surface area (TPSA) is 82.0 Å². The van der Waals surface area contributed by atoms with Crippen LogP contribution in [0.3, 0.4) is 0 Å². The average Bonchev–Trinajstić information content (AvgIpc) is 3.11. The quantitative estimate of drug-likeness (QED) is 0.640. The Bertz CT molecular complexity index is 812. The highest BCUT2D eigenvalue weighted by molar-refractivity contribution is 7.99. The van der Waals surface area contributed by atoms with E-state index in [2.05, 4.69) is 32.1 Å². The molecule has 7 nitrogen and oxygen atoms in total. The van der Waals surface area contributed by atoms with Gasteiger partial charge in [-0.05, 0) is 33.3 Å². The fourth-order valence-corrected chi connectivity index (χ4v) is 3.05. The summed E-state index contributed by atoms with van der Waals surface area (Å²) in [4.78, 5) is 13.3. The van der Waals surface area contributed by atoms with Gasteiger partial charge in [0, 0.05) is 17.8 Å². The summed E-state index contributed by atoms with van der Waals surface area (Å²) >= 11 is 1.49. The van der Waals surface area contributed by atoms with Gasteiger partial charge in [-0.2, -0.15) is 9.97 Å². The Balaban J connectivity index is 1.76. The van der Waals surface area contributed by atoms with Crippen molar-refractivity contribution in [1.29, 1.82) is 0 Å². The molecule has 3 heterocycles. The van der Waals surface area contributed by atoms with Crippen LogP contribution in [0.4, 0.5) is 0 Å². The summed E-state index contributed by atoms with van der Waals surface area (Å²) in [7, 11) is 0. The Morgan fingerprint density at radius 1 is 1.26 bits per heavy atom. The Hall–Kier alpha value is -1.96. The second-order valence-electron chi connectivity index (χ2n) is 5.56. The van der Waals surface area contributed by atoms with Crippen molar-refractivity contribution >= 4 is 17.5 Å². The van der Waals surface area contributed by atoms with Crippen molar-refractivity contribution in [2.24, 2.45) is 0 Å². The standard InChI is InChI=1S/C15H20N6OS/c1-5-6-7-12-17-13(22-20-12)11(4)23-15-18-14-16-9(2)8-10(3)21(14)19-15/h8,11H,5-7H2,1-4H3. The highest BCUT2D eigenvalue weighted by Crippen LogP contribution is 2.32. The van der Waals surface area contributed by atoms with E-state index in [1.807, 2.05) is 26.8 Å².